The maximum atomic E-state index is 12.2. The first-order chi connectivity index (χ1) is 12.3. The molecule has 2 aromatic rings. The Balaban J connectivity index is 2.03. The summed E-state index contributed by atoms with van der Waals surface area (Å²) < 4.78 is 31.6. The van der Waals surface area contributed by atoms with E-state index < -0.39 is 28.4 Å². The average Bonchev–Trinajstić information content (AvgIpc) is 2.61. The second-order valence-electron chi connectivity index (χ2n) is 5.45. The van der Waals surface area contributed by atoms with Gasteiger partial charge < -0.3 is 10.1 Å². The number of ether oxygens (including phenoxy) is 1. The molecule has 0 atom stereocenters. The fourth-order valence-electron chi connectivity index (χ4n) is 2.13. The molecule has 7 nitrogen and oxygen atoms in total. The first-order valence-corrected chi connectivity index (χ1v) is 9.44. The van der Waals surface area contributed by atoms with Gasteiger partial charge in [-0.05, 0) is 38.1 Å². The highest BCUT2D eigenvalue weighted by Crippen LogP contribution is 2.16. The van der Waals surface area contributed by atoms with E-state index in [1.165, 1.54) is 18.2 Å². The van der Waals surface area contributed by atoms with Crippen LogP contribution in [0.2, 0.25) is 0 Å². The summed E-state index contributed by atoms with van der Waals surface area (Å²) in [6.07, 6.45) is 0. The van der Waals surface area contributed by atoms with Crippen molar-refractivity contribution in [3.8, 4) is 0 Å². The number of nitrogens with one attached hydrogen (secondary N) is 2. The molecule has 0 spiro atoms. The van der Waals surface area contributed by atoms with Crippen LogP contribution in [-0.4, -0.2) is 33.4 Å². The Morgan fingerprint density at radius 2 is 1.69 bits per heavy atom. The number of sulfonamides is 1. The van der Waals surface area contributed by atoms with E-state index >= 15 is 0 Å². The number of esters is 1. The molecule has 0 bridgehead atoms. The Morgan fingerprint density at radius 1 is 1.04 bits per heavy atom. The van der Waals surface area contributed by atoms with Crippen molar-refractivity contribution in [1.29, 1.82) is 0 Å². The zero-order valence-corrected chi connectivity index (χ0v) is 15.3. The van der Waals surface area contributed by atoms with Gasteiger partial charge in [-0.3, -0.25) is 4.79 Å². The summed E-state index contributed by atoms with van der Waals surface area (Å²) in [7, 11) is -3.80. The number of amides is 1. The lowest BCUT2D eigenvalue weighted by Crippen LogP contribution is -2.33. The van der Waals surface area contributed by atoms with E-state index in [0.29, 0.717) is 0 Å². The molecule has 0 aliphatic heterocycles. The summed E-state index contributed by atoms with van der Waals surface area (Å²) in [6.45, 7) is 3.27. The SMILES string of the molecule is CCOC(=O)c1ccccc1NC(=O)CNS(=O)(=O)c1ccc(C)cc1. The second-order valence-corrected chi connectivity index (χ2v) is 7.22. The van der Waals surface area contributed by atoms with Crippen LogP contribution in [-0.2, 0) is 19.6 Å². The average molecular weight is 376 g/mol. The fourth-order valence-corrected chi connectivity index (χ4v) is 3.12. The van der Waals surface area contributed by atoms with Gasteiger partial charge in [0.05, 0.1) is 29.3 Å². The van der Waals surface area contributed by atoms with Gasteiger partial charge in [-0.2, -0.15) is 0 Å². The summed E-state index contributed by atoms with van der Waals surface area (Å²) >= 11 is 0. The van der Waals surface area contributed by atoms with Crippen molar-refractivity contribution in [1.82, 2.24) is 4.72 Å². The van der Waals surface area contributed by atoms with Crippen LogP contribution in [0.3, 0.4) is 0 Å². The molecular weight excluding hydrogens is 356 g/mol. The number of anilines is 1. The normalized spacial score (nSPS) is 11.0. The van der Waals surface area contributed by atoms with Crippen LogP contribution in [0.1, 0.15) is 22.8 Å². The standard InChI is InChI=1S/C18H20N2O5S/c1-3-25-18(22)15-6-4-5-7-16(15)20-17(21)12-19-26(23,24)14-10-8-13(2)9-11-14/h4-11,19H,3,12H2,1-2H3,(H,20,21). The van der Waals surface area contributed by atoms with Gasteiger partial charge in [0.2, 0.25) is 15.9 Å². The highest BCUT2D eigenvalue weighted by atomic mass is 32.2. The Labute approximate surface area is 152 Å². The van der Waals surface area contributed by atoms with E-state index in [0.717, 1.165) is 5.56 Å². The van der Waals surface area contributed by atoms with Crippen LogP contribution < -0.4 is 10.0 Å². The minimum absolute atomic E-state index is 0.0721. The van der Waals surface area contributed by atoms with Crippen LogP contribution in [0.4, 0.5) is 5.69 Å². The summed E-state index contributed by atoms with van der Waals surface area (Å²) in [5, 5.41) is 2.52. The van der Waals surface area contributed by atoms with Gasteiger partial charge in [0.1, 0.15) is 0 Å². The molecule has 0 saturated heterocycles. The van der Waals surface area contributed by atoms with Gasteiger partial charge in [-0.25, -0.2) is 17.9 Å². The smallest absolute Gasteiger partial charge is 0.340 e. The van der Waals surface area contributed by atoms with Crippen LogP contribution in [0.25, 0.3) is 0 Å². The van der Waals surface area contributed by atoms with E-state index in [2.05, 4.69) is 10.0 Å². The van der Waals surface area contributed by atoms with Crippen LogP contribution in [0.15, 0.2) is 53.4 Å². The number of para-hydroxylation sites is 1. The second kappa shape index (κ2) is 8.59. The molecule has 0 saturated carbocycles. The third kappa shape index (κ3) is 5.14. The zero-order valence-electron chi connectivity index (χ0n) is 14.5. The topological polar surface area (TPSA) is 102 Å². The third-order valence-electron chi connectivity index (χ3n) is 3.45. The summed E-state index contributed by atoms with van der Waals surface area (Å²) in [6, 6.07) is 12.6. The molecular formula is C18H20N2O5S. The van der Waals surface area contributed by atoms with Crippen molar-refractivity contribution in [2.24, 2.45) is 0 Å². The van der Waals surface area contributed by atoms with Gasteiger partial charge in [0, 0.05) is 0 Å². The van der Waals surface area contributed by atoms with Crippen molar-refractivity contribution >= 4 is 27.6 Å². The Morgan fingerprint density at radius 3 is 2.35 bits per heavy atom. The lowest BCUT2D eigenvalue weighted by molar-refractivity contribution is -0.115. The quantitative estimate of drug-likeness (QED) is 0.721. The highest BCUT2D eigenvalue weighted by Gasteiger charge is 2.17. The van der Waals surface area contributed by atoms with E-state index in [-0.39, 0.29) is 22.8 Å². The predicted molar refractivity (Wildman–Crippen MR) is 97.4 cm³/mol. The molecule has 0 radical (unpaired) electrons. The van der Waals surface area contributed by atoms with Gasteiger partial charge in [0.25, 0.3) is 0 Å². The summed E-state index contributed by atoms with van der Waals surface area (Å²) in [5.74, 6) is -1.17. The number of benzene rings is 2. The predicted octanol–water partition coefficient (Wildman–Crippen LogP) is 2.09. The molecule has 26 heavy (non-hydrogen) atoms. The number of carbonyl (C=O) groups excluding carboxylic acids is 2. The lowest BCUT2D eigenvalue weighted by atomic mass is 10.2. The minimum atomic E-state index is -3.80. The van der Waals surface area contributed by atoms with Gasteiger partial charge in [-0.15, -0.1) is 0 Å². The van der Waals surface area contributed by atoms with Crippen molar-refractivity contribution in [3.63, 3.8) is 0 Å². The van der Waals surface area contributed by atoms with Crippen molar-refractivity contribution in [2.45, 2.75) is 18.7 Å². The van der Waals surface area contributed by atoms with Crippen molar-refractivity contribution in [2.75, 3.05) is 18.5 Å². The molecule has 2 N–H and O–H groups in total. The molecule has 2 aromatic carbocycles. The van der Waals surface area contributed by atoms with Crippen molar-refractivity contribution < 1.29 is 22.7 Å². The number of carbonyl (C=O) groups is 2. The molecule has 138 valence electrons. The maximum absolute atomic E-state index is 12.2. The van der Waals surface area contributed by atoms with E-state index in [1.54, 1.807) is 37.3 Å². The van der Waals surface area contributed by atoms with Gasteiger partial charge in [0.15, 0.2) is 0 Å². The molecule has 0 fully saturated rings. The number of hydrogen-bond acceptors (Lipinski definition) is 5. The molecule has 8 heteroatoms. The van der Waals surface area contributed by atoms with E-state index in [9.17, 15) is 18.0 Å². The van der Waals surface area contributed by atoms with E-state index in [4.69, 9.17) is 4.74 Å². The maximum Gasteiger partial charge on any atom is 0.340 e. The molecule has 0 heterocycles. The first-order valence-electron chi connectivity index (χ1n) is 7.96. The summed E-state index contributed by atoms with van der Waals surface area (Å²) in [5.41, 5.74) is 1.38. The minimum Gasteiger partial charge on any atom is -0.462 e. The lowest BCUT2D eigenvalue weighted by Gasteiger charge is -2.11. The molecule has 2 rings (SSSR count). The summed E-state index contributed by atoms with van der Waals surface area (Å²) in [4.78, 5) is 24.1. The molecule has 1 amide bonds. The van der Waals surface area contributed by atoms with Crippen LogP contribution >= 0.6 is 0 Å². The Bertz CT molecular complexity index is 892. The monoisotopic (exact) mass is 376 g/mol. The number of aryl methyl sites for hydroxylation is 1. The zero-order chi connectivity index (χ0) is 19.2. The molecule has 0 aromatic heterocycles. The van der Waals surface area contributed by atoms with Gasteiger partial charge >= 0.3 is 5.97 Å². The first kappa shape index (κ1) is 19.6. The largest absolute Gasteiger partial charge is 0.462 e. The van der Waals surface area contributed by atoms with Crippen LogP contribution in [0, 0.1) is 6.92 Å². The highest BCUT2D eigenvalue weighted by molar-refractivity contribution is 7.89. The number of rotatable bonds is 7. The fraction of sp³-hybridized carbons (Fsp3) is 0.222. The van der Waals surface area contributed by atoms with E-state index in [1.807, 2.05) is 6.92 Å². The van der Waals surface area contributed by atoms with Crippen LogP contribution in [0.5, 0.6) is 0 Å². The Hall–Kier alpha value is -2.71. The third-order valence-corrected chi connectivity index (χ3v) is 4.87. The molecule has 0 aliphatic carbocycles. The Kier molecular flexibility index (Phi) is 6.48. The van der Waals surface area contributed by atoms with Gasteiger partial charge in [-0.1, -0.05) is 29.8 Å². The molecule has 0 unspecified atom stereocenters. The van der Waals surface area contributed by atoms with Crippen molar-refractivity contribution in [3.05, 3.63) is 59.7 Å². The number of hydrogen-bond donors (Lipinski definition) is 2. The molecule has 0 aliphatic rings.